The molecule has 4 aromatic rings. The van der Waals surface area contributed by atoms with E-state index in [4.69, 9.17) is 23.2 Å². The normalized spacial score (nSPS) is 10.6. The highest BCUT2D eigenvalue weighted by Gasteiger charge is 2.21. The molecule has 35 heavy (non-hydrogen) atoms. The Bertz CT molecular complexity index is 1340. The molecule has 4 rings (SSSR count). The van der Waals surface area contributed by atoms with Gasteiger partial charge in [0, 0.05) is 16.4 Å². The minimum absolute atomic E-state index is 0.0836. The van der Waals surface area contributed by atoms with E-state index in [1.807, 2.05) is 42.5 Å². The van der Waals surface area contributed by atoms with Crippen molar-refractivity contribution in [3.05, 3.63) is 130 Å². The van der Waals surface area contributed by atoms with E-state index < -0.39 is 0 Å². The Morgan fingerprint density at radius 3 is 2.23 bits per heavy atom. The first-order valence-electron chi connectivity index (χ1n) is 10.8. The summed E-state index contributed by atoms with van der Waals surface area (Å²) >= 11 is 12.4. The lowest BCUT2D eigenvalue weighted by atomic mass is 10.1. The van der Waals surface area contributed by atoms with Crippen LogP contribution in [0.25, 0.3) is 0 Å². The van der Waals surface area contributed by atoms with E-state index in [9.17, 15) is 14.0 Å². The molecule has 1 N–H and O–H groups in total. The van der Waals surface area contributed by atoms with Gasteiger partial charge in [0.05, 0.1) is 23.6 Å². The zero-order valence-corrected chi connectivity index (χ0v) is 20.1. The lowest BCUT2D eigenvalue weighted by molar-refractivity contribution is -0.115. The van der Waals surface area contributed by atoms with E-state index in [2.05, 4.69) is 5.32 Å². The van der Waals surface area contributed by atoms with Crippen molar-refractivity contribution in [2.75, 3.05) is 10.2 Å². The van der Waals surface area contributed by atoms with Gasteiger partial charge in [-0.15, -0.1) is 0 Å². The number of amides is 2. The predicted molar refractivity (Wildman–Crippen MR) is 139 cm³/mol. The molecule has 0 fully saturated rings. The Morgan fingerprint density at radius 2 is 1.51 bits per heavy atom. The van der Waals surface area contributed by atoms with Crippen molar-refractivity contribution in [3.63, 3.8) is 0 Å². The summed E-state index contributed by atoms with van der Waals surface area (Å²) in [6.07, 6.45) is 0.0836. The van der Waals surface area contributed by atoms with Crippen LogP contribution in [0.5, 0.6) is 0 Å². The van der Waals surface area contributed by atoms with Crippen LogP contribution in [0, 0.1) is 5.82 Å². The van der Waals surface area contributed by atoms with Crippen molar-refractivity contribution in [3.8, 4) is 0 Å². The summed E-state index contributed by atoms with van der Waals surface area (Å²) in [5.74, 6) is -0.918. The molecular weight excluding hydrogens is 486 g/mol. The Balaban J connectivity index is 1.60. The first kappa shape index (κ1) is 24.5. The number of carbonyl (C=O) groups is 2. The van der Waals surface area contributed by atoms with Crippen molar-refractivity contribution >= 4 is 46.4 Å². The average Bonchev–Trinajstić information content (AvgIpc) is 2.84. The van der Waals surface area contributed by atoms with E-state index in [1.54, 1.807) is 29.2 Å². The number of carbonyl (C=O) groups excluding carboxylic acids is 2. The van der Waals surface area contributed by atoms with E-state index in [-0.39, 0.29) is 29.1 Å². The molecule has 0 aliphatic carbocycles. The quantitative estimate of drug-likeness (QED) is 0.289. The summed E-state index contributed by atoms with van der Waals surface area (Å²) < 4.78 is 13.1. The molecule has 0 aromatic heterocycles. The highest BCUT2D eigenvalue weighted by molar-refractivity contribution is 6.37. The molecule has 0 radical (unpaired) electrons. The molecule has 4 nitrogen and oxygen atoms in total. The topological polar surface area (TPSA) is 49.4 Å². The monoisotopic (exact) mass is 506 g/mol. The van der Waals surface area contributed by atoms with Crippen LogP contribution in [0.4, 0.5) is 15.8 Å². The van der Waals surface area contributed by atoms with Crippen LogP contribution in [0.15, 0.2) is 97.1 Å². The number of nitrogens with one attached hydrogen (secondary N) is 1. The summed E-state index contributed by atoms with van der Waals surface area (Å²) in [6, 6.07) is 27.1. The van der Waals surface area contributed by atoms with Crippen LogP contribution in [-0.4, -0.2) is 11.8 Å². The molecule has 0 spiro atoms. The fourth-order valence-electron chi connectivity index (χ4n) is 3.61. The summed E-state index contributed by atoms with van der Waals surface area (Å²) in [4.78, 5) is 27.7. The third-order valence-electron chi connectivity index (χ3n) is 5.31. The van der Waals surface area contributed by atoms with Gasteiger partial charge in [0.15, 0.2) is 0 Å². The maximum absolute atomic E-state index is 13.6. The molecular formula is C28H21Cl2FN2O2. The number of rotatable bonds is 7. The van der Waals surface area contributed by atoms with E-state index in [0.717, 1.165) is 11.1 Å². The fourth-order valence-corrected chi connectivity index (χ4v) is 4.10. The summed E-state index contributed by atoms with van der Waals surface area (Å²) in [5.41, 5.74) is 3.11. The number of hydrogen-bond acceptors (Lipinski definition) is 2. The lowest BCUT2D eigenvalue weighted by Crippen LogP contribution is -2.30. The second kappa shape index (κ2) is 11.2. The second-order valence-corrected chi connectivity index (χ2v) is 8.75. The van der Waals surface area contributed by atoms with E-state index in [1.165, 1.54) is 30.3 Å². The highest BCUT2D eigenvalue weighted by atomic mass is 35.5. The van der Waals surface area contributed by atoms with Crippen LogP contribution >= 0.6 is 23.2 Å². The molecule has 176 valence electrons. The number of anilines is 2. The molecule has 0 unspecified atom stereocenters. The van der Waals surface area contributed by atoms with Gasteiger partial charge in [-0.05, 0) is 65.7 Å². The number of benzene rings is 4. The first-order chi connectivity index (χ1) is 16.9. The second-order valence-electron chi connectivity index (χ2n) is 7.90. The van der Waals surface area contributed by atoms with Gasteiger partial charge in [0.1, 0.15) is 5.82 Å². The zero-order chi connectivity index (χ0) is 24.8. The first-order valence-corrected chi connectivity index (χ1v) is 11.6. The molecule has 0 saturated heterocycles. The molecule has 2 amide bonds. The largest absolute Gasteiger partial charge is 0.326 e. The van der Waals surface area contributed by atoms with Gasteiger partial charge in [-0.2, -0.15) is 0 Å². The SMILES string of the molecule is O=C(Cc1cccc(N(Cc2ccccc2)C(=O)c2ccc(Cl)cc2Cl)c1)Nc1ccc(F)cc1. The molecule has 4 aromatic carbocycles. The molecule has 0 atom stereocenters. The molecule has 0 heterocycles. The number of halogens is 3. The molecule has 0 saturated carbocycles. The van der Waals surface area contributed by atoms with Crippen molar-refractivity contribution in [1.29, 1.82) is 0 Å². The molecule has 0 bridgehead atoms. The summed E-state index contributed by atoms with van der Waals surface area (Å²) in [7, 11) is 0. The van der Waals surface area contributed by atoms with Gasteiger partial charge in [-0.3, -0.25) is 9.59 Å². The Kier molecular flexibility index (Phi) is 7.80. The van der Waals surface area contributed by atoms with Gasteiger partial charge < -0.3 is 10.2 Å². The fraction of sp³-hybridized carbons (Fsp3) is 0.0714. The third kappa shape index (κ3) is 6.47. The van der Waals surface area contributed by atoms with Crippen LogP contribution in [0.1, 0.15) is 21.5 Å². The summed E-state index contributed by atoms with van der Waals surface area (Å²) in [6.45, 7) is 0.309. The minimum atomic E-state index is -0.375. The van der Waals surface area contributed by atoms with Gasteiger partial charge >= 0.3 is 0 Å². The maximum atomic E-state index is 13.6. The standard InChI is InChI=1S/C28H21Cl2FN2O2/c29-21-9-14-25(26(30)17-21)28(35)33(18-19-5-2-1-3-6-19)24-8-4-7-20(15-24)16-27(34)32-23-12-10-22(31)11-13-23/h1-15,17H,16,18H2,(H,32,34). The van der Waals surface area contributed by atoms with Gasteiger partial charge in [-0.25, -0.2) is 4.39 Å². The number of hydrogen-bond donors (Lipinski definition) is 1. The van der Waals surface area contributed by atoms with Crippen LogP contribution in [0.2, 0.25) is 10.0 Å². The van der Waals surface area contributed by atoms with E-state index >= 15 is 0 Å². The minimum Gasteiger partial charge on any atom is -0.326 e. The lowest BCUT2D eigenvalue weighted by Gasteiger charge is -2.24. The van der Waals surface area contributed by atoms with Gasteiger partial charge in [-0.1, -0.05) is 65.7 Å². The third-order valence-corrected chi connectivity index (χ3v) is 5.85. The summed E-state index contributed by atoms with van der Waals surface area (Å²) in [5, 5.41) is 3.45. The molecule has 0 aliphatic heterocycles. The molecule has 0 aliphatic rings. The van der Waals surface area contributed by atoms with Crippen molar-refractivity contribution in [2.45, 2.75) is 13.0 Å². The Hall–Kier alpha value is -3.67. The average molecular weight is 507 g/mol. The van der Waals surface area contributed by atoms with Gasteiger partial charge in [0.25, 0.3) is 5.91 Å². The Labute approximate surface area is 212 Å². The Morgan fingerprint density at radius 1 is 0.800 bits per heavy atom. The van der Waals surface area contributed by atoms with E-state index in [0.29, 0.717) is 28.5 Å². The van der Waals surface area contributed by atoms with Crippen LogP contribution < -0.4 is 10.2 Å². The smallest absolute Gasteiger partial charge is 0.260 e. The zero-order valence-electron chi connectivity index (χ0n) is 18.5. The van der Waals surface area contributed by atoms with Crippen molar-refractivity contribution < 1.29 is 14.0 Å². The van der Waals surface area contributed by atoms with Crippen molar-refractivity contribution in [2.24, 2.45) is 0 Å². The predicted octanol–water partition coefficient (Wildman–Crippen LogP) is 7.16. The van der Waals surface area contributed by atoms with Gasteiger partial charge in [0.2, 0.25) is 5.91 Å². The maximum Gasteiger partial charge on any atom is 0.260 e. The molecule has 7 heteroatoms. The number of nitrogens with zero attached hydrogens (tertiary/aromatic N) is 1. The van der Waals surface area contributed by atoms with Crippen LogP contribution in [-0.2, 0) is 17.8 Å². The van der Waals surface area contributed by atoms with Crippen LogP contribution in [0.3, 0.4) is 0 Å². The highest BCUT2D eigenvalue weighted by Crippen LogP contribution is 2.27. The van der Waals surface area contributed by atoms with Crippen molar-refractivity contribution in [1.82, 2.24) is 0 Å².